The number of pyridine rings is 1. The van der Waals surface area contributed by atoms with E-state index < -0.39 is 28.2 Å². The highest BCUT2D eigenvalue weighted by Gasteiger charge is 2.45. The number of rotatable bonds is 5. The lowest BCUT2D eigenvalue weighted by molar-refractivity contribution is -0.389. The van der Waals surface area contributed by atoms with E-state index >= 15 is 0 Å². The SMILES string of the molecule is CCCOC(=O)CN1C(=O)C(C)(C)Oc2ccc([N+](=O)[O-])nc21. The third kappa shape index (κ3) is 3.38. The summed E-state index contributed by atoms with van der Waals surface area (Å²) in [5.41, 5.74) is -1.21. The third-order valence-electron chi connectivity index (χ3n) is 3.15. The average molecular weight is 323 g/mol. The van der Waals surface area contributed by atoms with Crippen LogP contribution in [0.1, 0.15) is 27.2 Å². The van der Waals surface area contributed by atoms with Crippen LogP contribution in [0, 0.1) is 10.1 Å². The maximum absolute atomic E-state index is 12.5. The number of fused-ring (bicyclic) bond motifs is 1. The van der Waals surface area contributed by atoms with Gasteiger partial charge in [0.2, 0.25) is 0 Å². The van der Waals surface area contributed by atoms with Crippen molar-refractivity contribution in [2.75, 3.05) is 18.1 Å². The van der Waals surface area contributed by atoms with Crippen LogP contribution in [0.25, 0.3) is 0 Å². The van der Waals surface area contributed by atoms with Crippen molar-refractivity contribution in [2.45, 2.75) is 32.8 Å². The van der Waals surface area contributed by atoms with E-state index in [1.54, 1.807) is 13.8 Å². The lowest BCUT2D eigenvalue weighted by Gasteiger charge is -2.35. The highest BCUT2D eigenvalue weighted by molar-refractivity contribution is 6.04. The molecule has 1 aromatic rings. The Morgan fingerprint density at radius 3 is 2.78 bits per heavy atom. The van der Waals surface area contributed by atoms with Crippen molar-refractivity contribution in [3.05, 3.63) is 22.2 Å². The maximum Gasteiger partial charge on any atom is 0.366 e. The van der Waals surface area contributed by atoms with Crippen LogP contribution in [0.2, 0.25) is 0 Å². The van der Waals surface area contributed by atoms with Gasteiger partial charge in [-0.15, -0.1) is 0 Å². The normalized spacial score (nSPS) is 15.6. The van der Waals surface area contributed by atoms with Crippen LogP contribution in [-0.2, 0) is 14.3 Å². The third-order valence-corrected chi connectivity index (χ3v) is 3.15. The van der Waals surface area contributed by atoms with Gasteiger partial charge in [0.15, 0.2) is 11.4 Å². The zero-order valence-corrected chi connectivity index (χ0v) is 13.1. The Kier molecular flexibility index (Phi) is 4.48. The molecule has 0 bridgehead atoms. The van der Waals surface area contributed by atoms with Crippen LogP contribution in [0.4, 0.5) is 11.6 Å². The Morgan fingerprint density at radius 1 is 1.48 bits per heavy atom. The van der Waals surface area contributed by atoms with E-state index in [-0.39, 0.29) is 24.7 Å². The van der Waals surface area contributed by atoms with Crippen molar-refractivity contribution in [1.82, 2.24) is 4.98 Å². The lowest BCUT2D eigenvalue weighted by atomic mass is 10.1. The van der Waals surface area contributed by atoms with Crippen LogP contribution < -0.4 is 9.64 Å². The van der Waals surface area contributed by atoms with Crippen molar-refractivity contribution in [3.63, 3.8) is 0 Å². The van der Waals surface area contributed by atoms with Crippen LogP contribution in [0.15, 0.2) is 12.1 Å². The molecule has 0 radical (unpaired) electrons. The van der Waals surface area contributed by atoms with Gasteiger partial charge >= 0.3 is 11.8 Å². The fourth-order valence-electron chi connectivity index (χ4n) is 2.08. The monoisotopic (exact) mass is 323 g/mol. The minimum Gasteiger partial charge on any atom is -0.472 e. The summed E-state index contributed by atoms with van der Waals surface area (Å²) in [7, 11) is 0. The molecule has 9 nitrogen and oxygen atoms in total. The number of aromatic nitrogens is 1. The standard InChI is InChI=1S/C14H17N3O6/c1-4-7-22-11(18)8-16-12-9(23-14(2,3)13(16)19)5-6-10(15-12)17(20)21/h5-6H,4,7-8H2,1-3H3. The molecule has 0 N–H and O–H groups in total. The number of hydrogen-bond donors (Lipinski definition) is 0. The van der Waals surface area contributed by atoms with E-state index in [0.717, 1.165) is 4.90 Å². The summed E-state index contributed by atoms with van der Waals surface area (Å²) in [5.74, 6) is -1.43. The molecule has 124 valence electrons. The number of amides is 1. The molecule has 0 fully saturated rings. The van der Waals surface area contributed by atoms with E-state index in [9.17, 15) is 19.7 Å². The molecule has 2 heterocycles. The van der Waals surface area contributed by atoms with Gasteiger partial charge in [-0.1, -0.05) is 6.92 Å². The summed E-state index contributed by atoms with van der Waals surface area (Å²) >= 11 is 0. The van der Waals surface area contributed by atoms with Gasteiger partial charge in [-0.2, -0.15) is 0 Å². The number of carbonyl (C=O) groups is 2. The molecular weight excluding hydrogens is 306 g/mol. The zero-order chi connectivity index (χ0) is 17.2. The number of carbonyl (C=O) groups excluding carboxylic acids is 2. The predicted molar refractivity (Wildman–Crippen MR) is 79.2 cm³/mol. The van der Waals surface area contributed by atoms with E-state index in [4.69, 9.17) is 9.47 Å². The van der Waals surface area contributed by atoms with Gasteiger partial charge in [-0.25, -0.2) is 0 Å². The predicted octanol–water partition coefficient (Wildman–Crippen LogP) is 1.45. The van der Waals surface area contributed by atoms with Gasteiger partial charge in [0.25, 0.3) is 11.7 Å². The summed E-state index contributed by atoms with van der Waals surface area (Å²) in [6.07, 6.45) is 0.647. The Hall–Kier alpha value is -2.71. The van der Waals surface area contributed by atoms with Crippen LogP contribution >= 0.6 is 0 Å². The molecule has 0 aromatic carbocycles. The number of nitrogens with zero attached hydrogens (tertiary/aromatic N) is 3. The highest BCUT2D eigenvalue weighted by Crippen LogP contribution is 2.37. The minimum absolute atomic E-state index is 0.0584. The molecule has 0 aliphatic carbocycles. The number of hydrogen-bond acceptors (Lipinski definition) is 7. The Labute approximate surface area is 132 Å². The van der Waals surface area contributed by atoms with Crippen LogP contribution in [0.5, 0.6) is 5.75 Å². The second-order valence-electron chi connectivity index (χ2n) is 5.47. The first kappa shape index (κ1) is 16.7. The van der Waals surface area contributed by atoms with Crippen molar-refractivity contribution in [3.8, 4) is 5.75 Å². The fourth-order valence-corrected chi connectivity index (χ4v) is 2.08. The number of ether oxygens (including phenoxy) is 2. The van der Waals surface area contributed by atoms with E-state index in [1.165, 1.54) is 12.1 Å². The first-order valence-electron chi connectivity index (χ1n) is 7.08. The largest absolute Gasteiger partial charge is 0.472 e. The van der Waals surface area contributed by atoms with Gasteiger partial charge < -0.3 is 19.6 Å². The summed E-state index contributed by atoms with van der Waals surface area (Å²) in [6, 6.07) is 2.54. The van der Waals surface area contributed by atoms with Gasteiger partial charge in [-0.3, -0.25) is 14.5 Å². The van der Waals surface area contributed by atoms with E-state index in [0.29, 0.717) is 6.42 Å². The fraction of sp³-hybridized carbons (Fsp3) is 0.500. The topological polar surface area (TPSA) is 112 Å². The zero-order valence-electron chi connectivity index (χ0n) is 13.1. The van der Waals surface area contributed by atoms with Crippen molar-refractivity contribution >= 4 is 23.5 Å². The van der Waals surface area contributed by atoms with Gasteiger partial charge in [0.1, 0.15) is 6.54 Å². The summed E-state index contributed by atoms with van der Waals surface area (Å²) in [5, 5.41) is 10.9. The minimum atomic E-state index is -1.21. The highest BCUT2D eigenvalue weighted by atomic mass is 16.6. The molecule has 1 aliphatic heterocycles. The molecule has 1 aromatic heterocycles. The Balaban J connectivity index is 2.39. The molecular formula is C14H17N3O6. The molecule has 0 saturated heterocycles. The molecule has 9 heteroatoms. The first-order chi connectivity index (χ1) is 10.8. The van der Waals surface area contributed by atoms with Crippen molar-refractivity contribution in [1.29, 1.82) is 0 Å². The first-order valence-corrected chi connectivity index (χ1v) is 7.08. The molecule has 0 spiro atoms. The van der Waals surface area contributed by atoms with Crippen molar-refractivity contribution in [2.24, 2.45) is 0 Å². The molecule has 0 unspecified atom stereocenters. The summed E-state index contributed by atoms with van der Waals surface area (Å²) in [6.45, 7) is 4.79. The van der Waals surface area contributed by atoms with E-state index in [2.05, 4.69) is 4.98 Å². The van der Waals surface area contributed by atoms with Gasteiger partial charge in [0.05, 0.1) is 6.61 Å². The molecule has 0 saturated carbocycles. The smallest absolute Gasteiger partial charge is 0.366 e. The second-order valence-corrected chi connectivity index (χ2v) is 5.47. The van der Waals surface area contributed by atoms with Crippen LogP contribution in [-0.4, -0.2) is 40.5 Å². The Bertz CT molecular complexity index is 658. The molecule has 1 amide bonds. The van der Waals surface area contributed by atoms with Crippen LogP contribution in [0.3, 0.4) is 0 Å². The molecule has 23 heavy (non-hydrogen) atoms. The molecule has 0 atom stereocenters. The number of anilines is 1. The Morgan fingerprint density at radius 2 is 2.17 bits per heavy atom. The van der Waals surface area contributed by atoms with Gasteiger partial charge in [0, 0.05) is 6.07 Å². The second kappa shape index (κ2) is 6.19. The lowest BCUT2D eigenvalue weighted by Crippen LogP contribution is -2.54. The quantitative estimate of drug-likeness (QED) is 0.458. The average Bonchev–Trinajstić information content (AvgIpc) is 2.49. The summed E-state index contributed by atoms with van der Waals surface area (Å²) in [4.78, 5) is 39.4. The molecule has 2 rings (SSSR count). The number of nitro groups is 1. The summed E-state index contributed by atoms with van der Waals surface area (Å²) < 4.78 is 10.5. The van der Waals surface area contributed by atoms with Gasteiger partial charge in [-0.05, 0) is 36.2 Å². The number of esters is 1. The maximum atomic E-state index is 12.5. The van der Waals surface area contributed by atoms with Crippen molar-refractivity contribution < 1.29 is 24.0 Å². The van der Waals surface area contributed by atoms with E-state index in [1.807, 2.05) is 6.92 Å². The molecule has 1 aliphatic rings.